The van der Waals surface area contributed by atoms with Crippen molar-refractivity contribution < 1.29 is 14.3 Å². The highest BCUT2D eigenvalue weighted by Crippen LogP contribution is 2.28. The molecule has 8 heteroatoms. The maximum atomic E-state index is 13.0. The second-order valence-corrected chi connectivity index (χ2v) is 10.0. The number of anilines is 1. The van der Waals surface area contributed by atoms with E-state index in [1.54, 1.807) is 12.3 Å². The molecule has 0 radical (unpaired) electrons. The van der Waals surface area contributed by atoms with Crippen molar-refractivity contribution in [2.45, 2.75) is 0 Å². The molecule has 2 aromatic heterocycles. The van der Waals surface area contributed by atoms with Gasteiger partial charge in [0.15, 0.2) is 11.7 Å². The fourth-order valence-electron chi connectivity index (χ4n) is 3.63. The minimum Gasteiger partial charge on any atom is -0.452 e. The number of nitrogens with zero attached hydrogens (tertiary/aromatic N) is 2. The molecular weight excluding hydrogens is 526 g/mol. The van der Waals surface area contributed by atoms with Crippen LogP contribution in [-0.2, 0) is 9.53 Å². The first kappa shape index (κ1) is 22.9. The Balaban J connectivity index is 1.39. The van der Waals surface area contributed by atoms with Crippen molar-refractivity contribution in [3.63, 3.8) is 0 Å². The van der Waals surface area contributed by atoms with Gasteiger partial charge in [-0.15, -0.1) is 0 Å². The molecule has 0 bridgehead atoms. The molecule has 0 spiro atoms. The lowest BCUT2D eigenvalue weighted by molar-refractivity contribution is -0.119. The lowest BCUT2D eigenvalue weighted by Crippen LogP contribution is -2.21. The van der Waals surface area contributed by atoms with Gasteiger partial charge in [0.05, 0.1) is 26.8 Å². The number of rotatable bonds is 6. The number of thiazole rings is 1. The fraction of sp³-hybridized carbons (Fsp3) is 0.0370. The largest absolute Gasteiger partial charge is 0.452 e. The van der Waals surface area contributed by atoms with Crippen LogP contribution in [0.4, 0.5) is 5.13 Å². The summed E-state index contributed by atoms with van der Waals surface area (Å²) in [4.78, 5) is 34.0. The number of hydrogen-bond acceptors (Lipinski definition) is 6. The number of carbonyl (C=O) groups excluding carboxylic acids is 2. The summed E-state index contributed by atoms with van der Waals surface area (Å²) in [5, 5.41) is 3.69. The molecule has 0 atom stereocenters. The van der Waals surface area contributed by atoms with Gasteiger partial charge in [-0.25, -0.2) is 14.8 Å². The Morgan fingerprint density at radius 1 is 0.886 bits per heavy atom. The van der Waals surface area contributed by atoms with E-state index in [1.165, 1.54) is 11.3 Å². The van der Waals surface area contributed by atoms with Crippen LogP contribution in [0.15, 0.2) is 94.9 Å². The minimum absolute atomic E-state index is 0.350. The molecule has 5 rings (SSSR count). The monoisotopic (exact) mass is 543 g/mol. The van der Waals surface area contributed by atoms with Crippen LogP contribution in [0, 0.1) is 0 Å². The van der Waals surface area contributed by atoms with Crippen LogP contribution in [0.1, 0.15) is 10.4 Å². The van der Waals surface area contributed by atoms with E-state index in [-0.39, 0.29) is 0 Å². The van der Waals surface area contributed by atoms with Crippen LogP contribution in [0.2, 0.25) is 0 Å². The lowest BCUT2D eigenvalue weighted by atomic mass is 10.0. The summed E-state index contributed by atoms with van der Waals surface area (Å²) in [6.07, 6.45) is 1.59. The number of esters is 1. The molecule has 1 amide bonds. The molecule has 2 heterocycles. The summed E-state index contributed by atoms with van der Waals surface area (Å²) in [5.41, 5.74) is 4.75. The average molecular weight is 544 g/mol. The third kappa shape index (κ3) is 5.29. The summed E-state index contributed by atoms with van der Waals surface area (Å²) in [6.45, 7) is -0.423. The lowest BCUT2D eigenvalue weighted by Gasteiger charge is -2.11. The van der Waals surface area contributed by atoms with Gasteiger partial charge in [-0.3, -0.25) is 10.1 Å². The third-order valence-corrected chi connectivity index (χ3v) is 6.67. The number of pyridine rings is 1. The second kappa shape index (κ2) is 10.2. The molecule has 0 fully saturated rings. The Bertz CT molecular complexity index is 1520. The zero-order chi connectivity index (χ0) is 24.2. The molecule has 0 aliphatic heterocycles. The Morgan fingerprint density at radius 2 is 1.57 bits per heavy atom. The van der Waals surface area contributed by atoms with E-state index in [0.717, 1.165) is 20.5 Å². The van der Waals surface area contributed by atoms with Crippen LogP contribution in [-0.4, -0.2) is 28.5 Å². The molecule has 6 nitrogen and oxygen atoms in total. The number of hydrogen-bond donors (Lipinski definition) is 1. The van der Waals surface area contributed by atoms with E-state index >= 15 is 0 Å². The van der Waals surface area contributed by atoms with Crippen LogP contribution in [0.5, 0.6) is 0 Å². The van der Waals surface area contributed by atoms with E-state index in [1.807, 2.05) is 66.7 Å². The van der Waals surface area contributed by atoms with Crippen molar-refractivity contribution >= 4 is 55.2 Å². The predicted octanol–water partition coefficient (Wildman–Crippen LogP) is 6.58. The SMILES string of the molecule is O=C(COC(=O)c1cc(-c2ccc(-c3ccccc3)cc2)nc2ccccc12)Nc1ncc(Br)s1. The molecule has 0 saturated carbocycles. The predicted molar refractivity (Wildman–Crippen MR) is 141 cm³/mol. The normalized spacial score (nSPS) is 10.8. The number of benzene rings is 3. The van der Waals surface area contributed by atoms with Crippen LogP contribution >= 0.6 is 27.3 Å². The van der Waals surface area contributed by atoms with Crippen molar-refractivity contribution in [1.29, 1.82) is 0 Å². The molecule has 35 heavy (non-hydrogen) atoms. The number of para-hydroxylation sites is 1. The summed E-state index contributed by atoms with van der Waals surface area (Å²) < 4.78 is 6.12. The molecule has 0 unspecified atom stereocenters. The highest BCUT2D eigenvalue weighted by atomic mass is 79.9. The van der Waals surface area contributed by atoms with E-state index in [2.05, 4.69) is 38.4 Å². The smallest absolute Gasteiger partial charge is 0.339 e. The van der Waals surface area contributed by atoms with Crippen LogP contribution in [0.25, 0.3) is 33.3 Å². The molecule has 3 aromatic carbocycles. The Kier molecular flexibility index (Phi) is 6.65. The number of carbonyl (C=O) groups is 2. The summed E-state index contributed by atoms with van der Waals surface area (Å²) in [5.74, 6) is -1.06. The maximum absolute atomic E-state index is 13.0. The van der Waals surface area contributed by atoms with Gasteiger partial charge in [-0.05, 0) is 39.2 Å². The van der Waals surface area contributed by atoms with Gasteiger partial charge in [-0.1, -0.05) is 84.1 Å². The van der Waals surface area contributed by atoms with E-state index in [4.69, 9.17) is 9.72 Å². The first-order valence-electron chi connectivity index (χ1n) is 10.7. The molecule has 172 valence electrons. The topological polar surface area (TPSA) is 81.2 Å². The van der Waals surface area contributed by atoms with Gasteiger partial charge in [0.1, 0.15) is 0 Å². The van der Waals surface area contributed by atoms with E-state index in [9.17, 15) is 9.59 Å². The van der Waals surface area contributed by atoms with Crippen LogP contribution in [0.3, 0.4) is 0 Å². The molecule has 0 aliphatic carbocycles. The van der Waals surface area contributed by atoms with Crippen molar-refractivity contribution in [2.24, 2.45) is 0 Å². The zero-order valence-electron chi connectivity index (χ0n) is 18.3. The van der Waals surface area contributed by atoms with E-state index in [0.29, 0.717) is 27.3 Å². The maximum Gasteiger partial charge on any atom is 0.339 e. The van der Waals surface area contributed by atoms with Crippen molar-refractivity contribution in [3.8, 4) is 22.4 Å². The number of amides is 1. The van der Waals surface area contributed by atoms with Gasteiger partial charge in [-0.2, -0.15) is 0 Å². The standard InChI is InChI=1S/C27H18BrN3O3S/c28-24-15-29-27(35-24)31-25(32)16-34-26(33)21-14-23(30-22-9-5-4-8-20(21)22)19-12-10-18(11-13-19)17-6-2-1-3-7-17/h1-15H,16H2,(H,29,31,32). The Morgan fingerprint density at radius 3 is 2.31 bits per heavy atom. The number of nitrogens with one attached hydrogen (secondary N) is 1. The molecule has 0 aliphatic rings. The van der Waals surface area contributed by atoms with Gasteiger partial charge < -0.3 is 4.74 Å². The number of aromatic nitrogens is 2. The molecule has 0 saturated heterocycles. The average Bonchev–Trinajstić information content (AvgIpc) is 3.31. The molecule has 5 aromatic rings. The first-order valence-corrected chi connectivity index (χ1v) is 12.3. The van der Waals surface area contributed by atoms with E-state index < -0.39 is 18.5 Å². The Labute approximate surface area is 213 Å². The summed E-state index contributed by atoms with van der Waals surface area (Å²) in [7, 11) is 0. The fourth-order valence-corrected chi connectivity index (χ4v) is 4.76. The highest BCUT2D eigenvalue weighted by molar-refractivity contribution is 9.11. The van der Waals surface area contributed by atoms with Gasteiger partial charge in [0.2, 0.25) is 0 Å². The van der Waals surface area contributed by atoms with Crippen molar-refractivity contribution in [1.82, 2.24) is 9.97 Å². The quantitative estimate of drug-likeness (QED) is 0.244. The van der Waals surface area contributed by atoms with Gasteiger partial charge >= 0.3 is 5.97 Å². The third-order valence-electron chi connectivity index (χ3n) is 5.28. The summed E-state index contributed by atoms with van der Waals surface area (Å²) >= 11 is 4.57. The zero-order valence-corrected chi connectivity index (χ0v) is 20.7. The minimum atomic E-state index is -0.596. The highest BCUT2D eigenvalue weighted by Gasteiger charge is 2.17. The molecular formula is C27H18BrN3O3S. The summed E-state index contributed by atoms with van der Waals surface area (Å²) in [6, 6.07) is 27.2. The number of fused-ring (bicyclic) bond motifs is 1. The Hall–Kier alpha value is -3.88. The van der Waals surface area contributed by atoms with Crippen molar-refractivity contribution in [3.05, 3.63) is 100 Å². The van der Waals surface area contributed by atoms with Gasteiger partial charge in [0, 0.05) is 10.9 Å². The first-order chi connectivity index (χ1) is 17.1. The van der Waals surface area contributed by atoms with Gasteiger partial charge in [0.25, 0.3) is 5.91 Å². The van der Waals surface area contributed by atoms with Crippen molar-refractivity contribution in [2.75, 3.05) is 11.9 Å². The van der Waals surface area contributed by atoms with Crippen LogP contribution < -0.4 is 5.32 Å². The molecule has 1 N–H and O–H groups in total. The second-order valence-electron chi connectivity index (χ2n) is 7.61. The number of halogens is 1. The number of ether oxygens (including phenoxy) is 1.